The van der Waals surface area contributed by atoms with Crippen LogP contribution in [0.1, 0.15) is 64.7 Å². The molecule has 3 fully saturated rings. The SMILES string of the molecule is CC1CCCC(NC(=O)CC2CC3CCC(C2)N3)C1. The van der Waals surface area contributed by atoms with E-state index >= 15 is 0 Å². The van der Waals surface area contributed by atoms with Crippen molar-refractivity contribution in [2.45, 2.75) is 82.8 Å². The van der Waals surface area contributed by atoms with Gasteiger partial charge in [0.1, 0.15) is 0 Å². The quantitative estimate of drug-likeness (QED) is 0.822. The highest BCUT2D eigenvalue weighted by Crippen LogP contribution is 2.32. The number of carbonyl (C=O) groups is 1. The molecule has 0 aromatic heterocycles. The van der Waals surface area contributed by atoms with Crippen molar-refractivity contribution in [3.63, 3.8) is 0 Å². The maximum absolute atomic E-state index is 12.2. The lowest BCUT2D eigenvalue weighted by atomic mass is 9.86. The van der Waals surface area contributed by atoms with Crippen LogP contribution in [0, 0.1) is 11.8 Å². The van der Waals surface area contributed by atoms with Crippen molar-refractivity contribution in [1.82, 2.24) is 10.6 Å². The smallest absolute Gasteiger partial charge is 0.220 e. The van der Waals surface area contributed by atoms with Crippen molar-refractivity contribution in [1.29, 1.82) is 0 Å². The van der Waals surface area contributed by atoms with E-state index in [9.17, 15) is 4.79 Å². The van der Waals surface area contributed by atoms with Crippen LogP contribution in [-0.2, 0) is 4.79 Å². The number of fused-ring (bicyclic) bond motifs is 2. The van der Waals surface area contributed by atoms with Crippen molar-refractivity contribution in [3.05, 3.63) is 0 Å². The number of hydrogen-bond donors (Lipinski definition) is 2. The van der Waals surface area contributed by atoms with Gasteiger partial charge in [0.25, 0.3) is 0 Å². The largest absolute Gasteiger partial charge is 0.353 e. The van der Waals surface area contributed by atoms with Crippen LogP contribution >= 0.6 is 0 Å². The third kappa shape index (κ3) is 3.50. The monoisotopic (exact) mass is 264 g/mol. The third-order valence-electron chi connectivity index (χ3n) is 5.35. The number of piperidine rings is 1. The van der Waals surface area contributed by atoms with Gasteiger partial charge in [0.05, 0.1) is 0 Å². The molecule has 3 nitrogen and oxygen atoms in total. The first-order chi connectivity index (χ1) is 9.19. The Morgan fingerprint density at radius 1 is 1.11 bits per heavy atom. The molecule has 2 saturated heterocycles. The Bertz CT molecular complexity index is 319. The van der Waals surface area contributed by atoms with E-state index in [1.807, 2.05) is 0 Å². The van der Waals surface area contributed by atoms with E-state index < -0.39 is 0 Å². The van der Waals surface area contributed by atoms with Gasteiger partial charge in [-0.25, -0.2) is 0 Å². The van der Waals surface area contributed by atoms with E-state index in [-0.39, 0.29) is 0 Å². The number of nitrogens with one attached hydrogen (secondary N) is 2. The first-order valence-electron chi connectivity index (χ1n) is 8.24. The Hall–Kier alpha value is -0.570. The predicted molar refractivity (Wildman–Crippen MR) is 76.8 cm³/mol. The molecule has 2 heterocycles. The Labute approximate surface area is 116 Å². The van der Waals surface area contributed by atoms with Crippen molar-refractivity contribution in [3.8, 4) is 0 Å². The second-order valence-corrected chi connectivity index (χ2v) is 7.22. The lowest BCUT2D eigenvalue weighted by Crippen LogP contribution is -2.42. The second kappa shape index (κ2) is 5.82. The van der Waals surface area contributed by atoms with Crippen molar-refractivity contribution < 1.29 is 4.79 Å². The minimum absolute atomic E-state index is 0.311. The van der Waals surface area contributed by atoms with E-state index in [4.69, 9.17) is 0 Å². The van der Waals surface area contributed by atoms with Gasteiger partial charge in [0, 0.05) is 24.5 Å². The molecule has 3 heteroatoms. The lowest BCUT2D eigenvalue weighted by molar-refractivity contribution is -0.123. The highest BCUT2D eigenvalue weighted by molar-refractivity contribution is 5.76. The van der Waals surface area contributed by atoms with Gasteiger partial charge in [-0.3, -0.25) is 4.79 Å². The molecule has 2 N–H and O–H groups in total. The summed E-state index contributed by atoms with van der Waals surface area (Å²) in [6.45, 7) is 2.31. The fourth-order valence-corrected chi connectivity index (χ4v) is 4.46. The summed E-state index contributed by atoms with van der Waals surface area (Å²) in [5, 5.41) is 6.94. The van der Waals surface area contributed by atoms with Gasteiger partial charge in [0.2, 0.25) is 5.91 Å². The molecular formula is C16H28N2O. The molecule has 0 aromatic carbocycles. The molecular weight excluding hydrogens is 236 g/mol. The van der Waals surface area contributed by atoms with Gasteiger partial charge in [-0.05, 0) is 50.4 Å². The molecule has 1 amide bonds. The number of carbonyl (C=O) groups excluding carboxylic acids is 1. The fraction of sp³-hybridized carbons (Fsp3) is 0.938. The fourth-order valence-electron chi connectivity index (χ4n) is 4.46. The summed E-state index contributed by atoms with van der Waals surface area (Å²) in [4.78, 5) is 12.2. The first-order valence-corrected chi connectivity index (χ1v) is 8.24. The molecule has 19 heavy (non-hydrogen) atoms. The van der Waals surface area contributed by atoms with E-state index in [0.717, 1.165) is 12.3 Å². The molecule has 0 radical (unpaired) electrons. The van der Waals surface area contributed by atoms with E-state index in [2.05, 4.69) is 17.6 Å². The molecule has 3 rings (SSSR count). The van der Waals surface area contributed by atoms with Crippen LogP contribution in [0.5, 0.6) is 0 Å². The second-order valence-electron chi connectivity index (χ2n) is 7.22. The van der Waals surface area contributed by atoms with Gasteiger partial charge in [0.15, 0.2) is 0 Å². The summed E-state index contributed by atoms with van der Waals surface area (Å²) in [6, 6.07) is 1.85. The zero-order chi connectivity index (χ0) is 13.2. The highest BCUT2D eigenvalue weighted by atomic mass is 16.1. The summed E-state index contributed by atoms with van der Waals surface area (Å²) in [5.74, 6) is 1.72. The summed E-state index contributed by atoms with van der Waals surface area (Å²) in [6.07, 6.45) is 10.8. The highest BCUT2D eigenvalue weighted by Gasteiger charge is 2.34. The third-order valence-corrected chi connectivity index (χ3v) is 5.35. The van der Waals surface area contributed by atoms with Gasteiger partial charge < -0.3 is 10.6 Å². The first kappa shape index (κ1) is 13.4. The van der Waals surface area contributed by atoms with Gasteiger partial charge in [-0.1, -0.05) is 19.8 Å². The molecule has 2 aliphatic heterocycles. The average Bonchev–Trinajstić information content (AvgIpc) is 2.68. The van der Waals surface area contributed by atoms with Crippen LogP contribution in [-0.4, -0.2) is 24.0 Å². The molecule has 0 aromatic rings. The molecule has 4 unspecified atom stereocenters. The molecule has 1 aliphatic carbocycles. The summed E-state index contributed by atoms with van der Waals surface area (Å²) in [5.41, 5.74) is 0. The number of hydrogen-bond acceptors (Lipinski definition) is 2. The summed E-state index contributed by atoms with van der Waals surface area (Å²) in [7, 11) is 0. The Morgan fingerprint density at radius 3 is 2.53 bits per heavy atom. The van der Waals surface area contributed by atoms with Crippen molar-refractivity contribution >= 4 is 5.91 Å². The summed E-state index contributed by atoms with van der Waals surface area (Å²) < 4.78 is 0. The van der Waals surface area contributed by atoms with Gasteiger partial charge in [-0.2, -0.15) is 0 Å². The van der Waals surface area contributed by atoms with Gasteiger partial charge >= 0.3 is 0 Å². The van der Waals surface area contributed by atoms with Crippen LogP contribution in [0.2, 0.25) is 0 Å². The van der Waals surface area contributed by atoms with Crippen LogP contribution < -0.4 is 10.6 Å². The molecule has 108 valence electrons. The Morgan fingerprint density at radius 2 is 1.84 bits per heavy atom. The van der Waals surface area contributed by atoms with E-state index in [1.54, 1.807) is 0 Å². The maximum atomic E-state index is 12.2. The maximum Gasteiger partial charge on any atom is 0.220 e. The zero-order valence-electron chi connectivity index (χ0n) is 12.2. The molecule has 4 atom stereocenters. The molecule has 3 aliphatic rings. The Balaban J connectivity index is 1.43. The zero-order valence-corrected chi connectivity index (χ0v) is 12.2. The number of amides is 1. The van der Waals surface area contributed by atoms with Crippen LogP contribution in [0.4, 0.5) is 0 Å². The standard InChI is InChI=1S/C16H28N2O/c1-11-3-2-4-13(7-11)18-16(19)10-12-8-14-5-6-15(9-12)17-14/h11-15,17H,2-10H2,1H3,(H,18,19). The molecule has 2 bridgehead atoms. The van der Waals surface area contributed by atoms with Crippen LogP contribution in [0.3, 0.4) is 0 Å². The predicted octanol–water partition coefficient (Wildman–Crippen LogP) is 2.60. The van der Waals surface area contributed by atoms with Crippen molar-refractivity contribution in [2.75, 3.05) is 0 Å². The lowest BCUT2D eigenvalue weighted by Gasteiger charge is -2.31. The van der Waals surface area contributed by atoms with Crippen LogP contribution in [0.25, 0.3) is 0 Å². The van der Waals surface area contributed by atoms with Gasteiger partial charge in [-0.15, -0.1) is 0 Å². The van der Waals surface area contributed by atoms with Crippen LogP contribution in [0.15, 0.2) is 0 Å². The molecule has 1 saturated carbocycles. The minimum atomic E-state index is 0.311. The van der Waals surface area contributed by atoms with E-state index in [1.165, 1.54) is 51.4 Å². The average molecular weight is 264 g/mol. The van der Waals surface area contributed by atoms with Crippen molar-refractivity contribution in [2.24, 2.45) is 11.8 Å². The molecule has 0 spiro atoms. The summed E-state index contributed by atoms with van der Waals surface area (Å²) >= 11 is 0. The number of rotatable bonds is 3. The topological polar surface area (TPSA) is 41.1 Å². The van der Waals surface area contributed by atoms with E-state index in [0.29, 0.717) is 30.0 Å². The minimum Gasteiger partial charge on any atom is -0.353 e. The normalized spacial score (nSPS) is 42.1. The Kier molecular flexibility index (Phi) is 4.11.